The van der Waals surface area contributed by atoms with Gasteiger partial charge in [-0.15, -0.1) is 0 Å². The molecule has 0 bridgehead atoms. The Kier molecular flexibility index (Phi) is 2.51. The van der Waals surface area contributed by atoms with E-state index in [2.05, 4.69) is 5.10 Å². The summed E-state index contributed by atoms with van der Waals surface area (Å²) in [6.07, 6.45) is 0. The second kappa shape index (κ2) is 3.82. The normalized spacial score (nSPS) is 10.5. The van der Waals surface area contributed by atoms with E-state index in [-0.39, 0.29) is 0 Å². The van der Waals surface area contributed by atoms with Crippen LogP contribution in [-0.4, -0.2) is 9.78 Å². The largest absolute Gasteiger partial charge is 0.384 e. The summed E-state index contributed by atoms with van der Waals surface area (Å²) in [5.41, 5.74) is 12.2. The van der Waals surface area contributed by atoms with Crippen LogP contribution in [0.2, 0.25) is 5.02 Å². The summed E-state index contributed by atoms with van der Waals surface area (Å²) >= 11 is 6.02. The van der Waals surface area contributed by atoms with Crippen LogP contribution in [0.5, 0.6) is 0 Å². The van der Waals surface area contributed by atoms with E-state index < -0.39 is 0 Å². The van der Waals surface area contributed by atoms with Crippen LogP contribution in [0.25, 0.3) is 0 Å². The summed E-state index contributed by atoms with van der Waals surface area (Å²) in [7, 11) is 0. The summed E-state index contributed by atoms with van der Waals surface area (Å²) in [5, 5.41) is 4.76. The summed E-state index contributed by atoms with van der Waals surface area (Å²) in [6.45, 7) is 0.530. The molecule has 1 aromatic carbocycles. The van der Waals surface area contributed by atoms with Gasteiger partial charge in [0.05, 0.1) is 6.54 Å². The molecule has 2 rings (SSSR count). The maximum absolute atomic E-state index is 6.02. The number of nitrogens with two attached hydrogens (primary N) is 2. The number of aromatic nitrogens is 2. The zero-order valence-corrected chi connectivity index (χ0v) is 8.78. The molecule has 0 radical (unpaired) electrons. The zero-order valence-electron chi connectivity index (χ0n) is 8.02. The highest BCUT2D eigenvalue weighted by molar-refractivity contribution is 6.31. The lowest BCUT2D eigenvalue weighted by atomic mass is 10.2. The highest BCUT2D eigenvalue weighted by atomic mass is 35.5. The molecule has 78 valence electrons. The predicted molar refractivity (Wildman–Crippen MR) is 61.6 cm³/mol. The first-order chi connectivity index (χ1) is 7.16. The summed E-state index contributed by atoms with van der Waals surface area (Å²) in [5.74, 6) is 0.951. The fourth-order valence-corrected chi connectivity index (χ4v) is 1.56. The summed E-state index contributed by atoms with van der Waals surface area (Å²) < 4.78 is 1.62. The first-order valence-corrected chi connectivity index (χ1v) is 4.87. The van der Waals surface area contributed by atoms with Gasteiger partial charge in [-0.2, -0.15) is 5.10 Å². The molecule has 2 aromatic rings. The van der Waals surface area contributed by atoms with Crippen LogP contribution in [0.4, 0.5) is 11.6 Å². The van der Waals surface area contributed by atoms with Gasteiger partial charge in [0.15, 0.2) is 0 Å². The number of nitrogens with zero attached hydrogens (tertiary/aromatic N) is 2. The molecule has 4 N–H and O–H groups in total. The van der Waals surface area contributed by atoms with Crippen LogP contribution in [-0.2, 0) is 6.54 Å². The monoisotopic (exact) mass is 222 g/mol. The summed E-state index contributed by atoms with van der Waals surface area (Å²) in [6, 6.07) is 9.19. The second-order valence-electron chi connectivity index (χ2n) is 3.24. The zero-order chi connectivity index (χ0) is 10.8. The number of benzene rings is 1. The van der Waals surface area contributed by atoms with Crippen LogP contribution in [0.3, 0.4) is 0 Å². The fraction of sp³-hybridized carbons (Fsp3) is 0.100. The molecule has 0 saturated carbocycles. The second-order valence-corrected chi connectivity index (χ2v) is 3.65. The van der Waals surface area contributed by atoms with Crippen LogP contribution in [0.1, 0.15) is 5.56 Å². The van der Waals surface area contributed by atoms with Gasteiger partial charge in [0.25, 0.3) is 0 Å². The maximum atomic E-state index is 6.02. The molecule has 0 saturated heterocycles. The van der Waals surface area contributed by atoms with Crippen LogP contribution >= 0.6 is 11.6 Å². The predicted octanol–water partition coefficient (Wildman–Crippen LogP) is 1.75. The standard InChI is InChI=1S/C10H11ClN4/c11-8-4-2-1-3-7(8)6-15-10(13)5-9(12)14-15/h1-5H,6,13H2,(H2,12,14). The Morgan fingerprint density at radius 1 is 1.27 bits per heavy atom. The van der Waals surface area contributed by atoms with E-state index in [1.54, 1.807) is 10.7 Å². The Morgan fingerprint density at radius 2 is 2.00 bits per heavy atom. The molecule has 0 spiro atoms. The quantitative estimate of drug-likeness (QED) is 0.813. The third-order valence-corrected chi connectivity index (χ3v) is 2.48. The molecule has 15 heavy (non-hydrogen) atoms. The highest BCUT2D eigenvalue weighted by Gasteiger charge is 2.05. The van der Waals surface area contributed by atoms with Crippen molar-refractivity contribution in [2.45, 2.75) is 6.54 Å². The third kappa shape index (κ3) is 2.05. The van der Waals surface area contributed by atoms with Crippen molar-refractivity contribution in [1.29, 1.82) is 0 Å². The number of halogens is 1. The maximum Gasteiger partial charge on any atom is 0.147 e. The minimum atomic E-state index is 0.416. The molecule has 1 heterocycles. The van der Waals surface area contributed by atoms with E-state index in [0.29, 0.717) is 23.2 Å². The van der Waals surface area contributed by atoms with Gasteiger partial charge in [-0.05, 0) is 11.6 Å². The smallest absolute Gasteiger partial charge is 0.147 e. The van der Waals surface area contributed by atoms with Crippen molar-refractivity contribution in [2.24, 2.45) is 0 Å². The molecule has 0 fully saturated rings. The molecular weight excluding hydrogens is 212 g/mol. The number of anilines is 2. The first kappa shape index (κ1) is 9.86. The van der Waals surface area contributed by atoms with Crippen molar-refractivity contribution in [3.63, 3.8) is 0 Å². The lowest BCUT2D eigenvalue weighted by Gasteiger charge is -2.05. The van der Waals surface area contributed by atoms with Gasteiger partial charge >= 0.3 is 0 Å². The van der Waals surface area contributed by atoms with E-state index in [0.717, 1.165) is 5.56 Å². The van der Waals surface area contributed by atoms with E-state index in [1.165, 1.54) is 0 Å². The van der Waals surface area contributed by atoms with Gasteiger partial charge in [0.1, 0.15) is 11.6 Å². The average Bonchev–Trinajstić information content (AvgIpc) is 2.49. The van der Waals surface area contributed by atoms with Crippen molar-refractivity contribution in [3.05, 3.63) is 40.9 Å². The SMILES string of the molecule is Nc1cc(N)n(Cc2ccccc2Cl)n1. The van der Waals surface area contributed by atoms with Crippen molar-refractivity contribution >= 4 is 23.2 Å². The molecule has 0 atom stereocenters. The topological polar surface area (TPSA) is 69.9 Å². The molecule has 0 amide bonds. The van der Waals surface area contributed by atoms with Gasteiger partial charge < -0.3 is 11.5 Å². The van der Waals surface area contributed by atoms with Gasteiger partial charge in [-0.1, -0.05) is 29.8 Å². The van der Waals surface area contributed by atoms with E-state index in [9.17, 15) is 0 Å². The molecule has 5 heteroatoms. The lowest BCUT2D eigenvalue weighted by Crippen LogP contribution is -2.06. The van der Waals surface area contributed by atoms with Crippen LogP contribution < -0.4 is 11.5 Å². The van der Waals surface area contributed by atoms with Crippen molar-refractivity contribution < 1.29 is 0 Å². The van der Waals surface area contributed by atoms with E-state index in [1.807, 2.05) is 24.3 Å². The number of hydrogen-bond acceptors (Lipinski definition) is 3. The van der Waals surface area contributed by atoms with Gasteiger partial charge in [0.2, 0.25) is 0 Å². The van der Waals surface area contributed by atoms with Gasteiger partial charge in [-0.25, -0.2) is 4.68 Å². The van der Waals surface area contributed by atoms with Crippen molar-refractivity contribution in [3.8, 4) is 0 Å². The first-order valence-electron chi connectivity index (χ1n) is 4.49. The number of rotatable bonds is 2. The molecule has 4 nitrogen and oxygen atoms in total. The Morgan fingerprint density at radius 3 is 2.60 bits per heavy atom. The minimum Gasteiger partial charge on any atom is -0.384 e. The molecular formula is C10H11ClN4. The summed E-state index contributed by atoms with van der Waals surface area (Å²) in [4.78, 5) is 0. The lowest BCUT2D eigenvalue weighted by molar-refractivity contribution is 0.701. The highest BCUT2D eigenvalue weighted by Crippen LogP contribution is 2.18. The minimum absolute atomic E-state index is 0.416. The van der Waals surface area contributed by atoms with Crippen molar-refractivity contribution in [2.75, 3.05) is 11.5 Å². The third-order valence-electron chi connectivity index (χ3n) is 2.11. The Bertz CT molecular complexity index is 478. The van der Waals surface area contributed by atoms with Gasteiger partial charge in [0, 0.05) is 11.1 Å². The number of nitrogen functional groups attached to an aromatic ring is 2. The van der Waals surface area contributed by atoms with Crippen molar-refractivity contribution in [1.82, 2.24) is 9.78 Å². The molecule has 0 aliphatic heterocycles. The van der Waals surface area contributed by atoms with E-state index in [4.69, 9.17) is 23.1 Å². The molecule has 0 aliphatic rings. The molecule has 0 unspecified atom stereocenters. The Labute approximate surface area is 92.4 Å². The fourth-order valence-electron chi connectivity index (χ4n) is 1.37. The van der Waals surface area contributed by atoms with Crippen LogP contribution in [0, 0.1) is 0 Å². The number of hydrogen-bond donors (Lipinski definition) is 2. The van der Waals surface area contributed by atoms with E-state index >= 15 is 0 Å². The Balaban J connectivity index is 2.29. The average molecular weight is 223 g/mol. The van der Waals surface area contributed by atoms with Crippen LogP contribution in [0.15, 0.2) is 30.3 Å². The molecule has 0 aliphatic carbocycles. The molecule has 1 aromatic heterocycles. The van der Waals surface area contributed by atoms with Gasteiger partial charge in [-0.3, -0.25) is 0 Å². The Hall–Kier alpha value is -1.68.